The van der Waals surface area contributed by atoms with Crippen LogP contribution in [-0.2, 0) is 11.2 Å². The molecule has 2 aliphatic rings. The number of piperidine rings is 1. The van der Waals surface area contributed by atoms with E-state index in [4.69, 9.17) is 9.39 Å². The zero-order valence-electron chi connectivity index (χ0n) is 17.4. The van der Waals surface area contributed by atoms with Crippen molar-refractivity contribution in [2.45, 2.75) is 30.5 Å². The molecule has 0 saturated carbocycles. The number of rotatable bonds is 5. The van der Waals surface area contributed by atoms with Gasteiger partial charge in [-0.3, -0.25) is 4.79 Å². The number of ether oxygens (including phenoxy) is 1. The first-order chi connectivity index (χ1) is 13.2. The SMILES string of the molecule is COc1ccc2c(c1C(=O)[O-])O[B-](O)(O)[C@@H](SCC(=O)N1CCC(O)CC1)C2.[Na+].[Na+]. The molecule has 0 aliphatic carbocycles. The number of aromatic carboxylic acids is 1. The van der Waals surface area contributed by atoms with E-state index in [2.05, 4.69) is 0 Å². The summed E-state index contributed by atoms with van der Waals surface area (Å²) in [6.07, 6.45) is 0.778. The molecule has 1 atom stereocenters. The number of carbonyl (C=O) groups excluding carboxylic acids is 2. The van der Waals surface area contributed by atoms with Crippen molar-refractivity contribution in [2.24, 2.45) is 0 Å². The van der Waals surface area contributed by atoms with Gasteiger partial charge in [-0.15, -0.1) is 0 Å². The van der Waals surface area contributed by atoms with Gasteiger partial charge in [0.15, 0.2) is 0 Å². The number of hydrogen-bond donors (Lipinski definition) is 3. The summed E-state index contributed by atoms with van der Waals surface area (Å²) in [5.74, 6) is -1.86. The van der Waals surface area contributed by atoms with Crippen LogP contribution in [0.5, 0.6) is 11.5 Å². The van der Waals surface area contributed by atoms with E-state index in [9.17, 15) is 29.9 Å². The van der Waals surface area contributed by atoms with Crippen LogP contribution < -0.4 is 73.6 Å². The van der Waals surface area contributed by atoms with Crippen LogP contribution in [0.15, 0.2) is 12.1 Å². The summed E-state index contributed by atoms with van der Waals surface area (Å²) in [5, 5.41) is 40.9. The molecule has 0 aromatic heterocycles. The van der Waals surface area contributed by atoms with Crippen LogP contribution in [0, 0.1) is 0 Å². The zero-order valence-corrected chi connectivity index (χ0v) is 22.2. The Balaban J connectivity index is 0.00000225. The first kappa shape index (κ1) is 28.1. The molecule has 9 nitrogen and oxygen atoms in total. The molecule has 30 heavy (non-hydrogen) atoms. The average Bonchev–Trinajstić information content (AvgIpc) is 2.64. The molecule has 1 amide bonds. The number of aliphatic hydroxyl groups excluding tert-OH is 1. The minimum absolute atomic E-state index is 0. The molecular formula is C17H22BNNa2O8S. The van der Waals surface area contributed by atoms with Gasteiger partial charge in [-0.1, -0.05) is 6.07 Å². The third kappa shape index (κ3) is 6.31. The molecule has 1 aromatic rings. The molecule has 3 rings (SSSR count). The average molecular weight is 457 g/mol. The van der Waals surface area contributed by atoms with E-state index in [0.717, 1.165) is 11.8 Å². The number of aliphatic hydroxyl groups is 1. The molecule has 3 N–H and O–H groups in total. The van der Waals surface area contributed by atoms with Crippen LogP contribution in [0.1, 0.15) is 28.8 Å². The number of benzene rings is 1. The second-order valence-corrected chi connectivity index (χ2v) is 8.19. The molecule has 2 aliphatic heterocycles. The summed E-state index contributed by atoms with van der Waals surface area (Å²) in [5.41, 5.74) is 0.0902. The van der Waals surface area contributed by atoms with E-state index in [1.54, 1.807) is 11.0 Å². The minimum atomic E-state index is -3.40. The molecule has 1 saturated heterocycles. The molecule has 2 heterocycles. The van der Waals surface area contributed by atoms with E-state index in [0.29, 0.717) is 31.5 Å². The number of methoxy groups -OCH3 is 1. The summed E-state index contributed by atoms with van der Waals surface area (Å²) < 4.78 is 10.2. The number of carboxylic acid groups (broad SMARTS) is 1. The van der Waals surface area contributed by atoms with Gasteiger partial charge < -0.3 is 39.3 Å². The topological polar surface area (TPSA) is 140 Å². The van der Waals surface area contributed by atoms with Crippen LogP contribution >= 0.6 is 11.8 Å². The van der Waals surface area contributed by atoms with Gasteiger partial charge in [0.2, 0.25) is 5.91 Å². The molecular weight excluding hydrogens is 435 g/mol. The number of fused-ring (bicyclic) bond motifs is 1. The fourth-order valence-electron chi connectivity index (χ4n) is 3.46. The fourth-order valence-corrected chi connectivity index (χ4v) is 4.60. The molecule has 0 spiro atoms. The van der Waals surface area contributed by atoms with Gasteiger partial charge in [0.05, 0.1) is 36.2 Å². The van der Waals surface area contributed by atoms with Crippen LogP contribution in [0.3, 0.4) is 0 Å². The summed E-state index contributed by atoms with van der Waals surface area (Å²) in [6.45, 7) is -2.47. The summed E-state index contributed by atoms with van der Waals surface area (Å²) in [4.78, 5) is 25.5. The van der Waals surface area contributed by atoms with Crippen molar-refractivity contribution >= 4 is 30.4 Å². The molecule has 0 radical (unpaired) electrons. The number of hydrogen-bond acceptors (Lipinski definition) is 9. The monoisotopic (exact) mass is 457 g/mol. The molecule has 0 unspecified atom stereocenters. The van der Waals surface area contributed by atoms with Gasteiger partial charge in [-0.25, -0.2) is 0 Å². The number of nitrogens with zero attached hydrogens (tertiary/aromatic N) is 1. The second kappa shape index (κ2) is 11.8. The summed E-state index contributed by atoms with van der Waals surface area (Å²) in [6, 6.07) is 3.04. The summed E-state index contributed by atoms with van der Waals surface area (Å²) >= 11 is 1.05. The van der Waals surface area contributed by atoms with Gasteiger partial charge in [-0.05, 0) is 36.0 Å². The van der Waals surface area contributed by atoms with E-state index < -0.39 is 17.9 Å². The van der Waals surface area contributed by atoms with Crippen molar-refractivity contribution < 1.29 is 98.4 Å². The van der Waals surface area contributed by atoms with Gasteiger partial charge in [-0.2, -0.15) is 11.8 Å². The van der Waals surface area contributed by atoms with Crippen LogP contribution in [0.25, 0.3) is 0 Å². The maximum atomic E-state index is 12.4. The third-order valence-corrected chi connectivity index (χ3v) is 6.42. The molecule has 154 valence electrons. The number of carbonyl (C=O) groups is 2. The first-order valence-electron chi connectivity index (χ1n) is 9.00. The maximum Gasteiger partial charge on any atom is 1.00 e. The van der Waals surface area contributed by atoms with Gasteiger partial charge in [0, 0.05) is 13.1 Å². The Morgan fingerprint density at radius 3 is 2.50 bits per heavy atom. The van der Waals surface area contributed by atoms with Crippen LogP contribution in [0.2, 0.25) is 0 Å². The summed E-state index contributed by atoms with van der Waals surface area (Å²) in [7, 11) is 1.29. The van der Waals surface area contributed by atoms with Gasteiger partial charge in [0.25, 0.3) is 0 Å². The second-order valence-electron chi connectivity index (χ2n) is 6.96. The molecule has 13 heteroatoms. The first-order valence-corrected chi connectivity index (χ1v) is 10.0. The smallest absolute Gasteiger partial charge is 0.669 e. The molecule has 0 bridgehead atoms. The number of carboxylic acids is 1. The fraction of sp³-hybridized carbons (Fsp3) is 0.529. The normalized spacial score (nSPS) is 20.1. The van der Waals surface area contributed by atoms with Crippen molar-refractivity contribution in [3.05, 3.63) is 23.3 Å². The minimum Gasteiger partial charge on any atom is -0.669 e. The number of thioether (sulfide) groups is 1. The Bertz CT molecular complexity index is 776. The van der Waals surface area contributed by atoms with Crippen molar-refractivity contribution in [2.75, 3.05) is 26.0 Å². The Kier molecular flexibility index (Phi) is 11.0. The Morgan fingerprint density at radius 2 is 1.93 bits per heavy atom. The van der Waals surface area contributed by atoms with E-state index in [1.807, 2.05) is 0 Å². The van der Waals surface area contributed by atoms with Crippen molar-refractivity contribution in [1.29, 1.82) is 0 Å². The Morgan fingerprint density at radius 1 is 1.30 bits per heavy atom. The predicted octanol–water partition coefficient (Wildman–Crippen LogP) is -7.45. The van der Waals surface area contributed by atoms with Crippen molar-refractivity contribution in [3.63, 3.8) is 0 Å². The van der Waals surface area contributed by atoms with Crippen molar-refractivity contribution in [1.82, 2.24) is 4.90 Å². The van der Waals surface area contributed by atoms with E-state index >= 15 is 0 Å². The van der Waals surface area contributed by atoms with Gasteiger partial charge >= 0.3 is 65.9 Å². The standard InChI is InChI=1S/C17H23BNO8S.2Na/c1-26-12-3-2-10-8-13(18(24,25)27-16(10)15(12)17(22)23)28-9-14(21)19-6-4-11(20)5-7-19;;/h2-3,11,13,20,24-25H,4-9H2,1H3,(H,22,23);;/q-1;2*+1/p-1/t13-;;/m0../s1. The quantitative estimate of drug-likeness (QED) is 0.368. The van der Waals surface area contributed by atoms with E-state index in [1.165, 1.54) is 13.2 Å². The van der Waals surface area contributed by atoms with E-state index in [-0.39, 0.29) is 100 Å². The Hall–Kier alpha value is 0.0549. The number of amides is 1. The maximum absolute atomic E-state index is 12.4. The largest absolute Gasteiger partial charge is 1.00 e. The molecule has 1 aromatic carbocycles. The van der Waals surface area contributed by atoms with Crippen molar-refractivity contribution in [3.8, 4) is 11.5 Å². The van der Waals surface area contributed by atoms with Gasteiger partial charge in [0.1, 0.15) is 5.75 Å². The predicted molar refractivity (Wildman–Crippen MR) is 99.9 cm³/mol. The Labute approximate surface area is 223 Å². The third-order valence-electron chi connectivity index (χ3n) is 5.06. The zero-order chi connectivity index (χ0) is 20.5. The van der Waals surface area contributed by atoms with Crippen LogP contribution in [0.4, 0.5) is 0 Å². The molecule has 1 fully saturated rings. The number of likely N-dealkylation sites (tertiary alicyclic amines) is 1. The van der Waals surface area contributed by atoms with Crippen LogP contribution in [-0.4, -0.2) is 75.9 Å².